The predicted octanol–water partition coefficient (Wildman–Crippen LogP) is 3.57. The average molecular weight is 334 g/mol. The largest absolute Gasteiger partial charge is 0.327 e. The van der Waals surface area contributed by atoms with Gasteiger partial charge in [0.2, 0.25) is 0 Å². The Morgan fingerprint density at radius 3 is 2.78 bits per heavy atom. The molecule has 1 aromatic rings. The molecule has 2 rings (SSSR count). The van der Waals surface area contributed by atoms with Gasteiger partial charge in [0.25, 0.3) is 0 Å². The number of halogens is 2. The first-order chi connectivity index (χ1) is 8.18. The number of likely N-dealkylation sites (tertiary alicyclic amines) is 1. The SMILES string of the molecule is CC(N)C1CCCCN1Cc1ccccc1Br.Cl. The van der Waals surface area contributed by atoms with E-state index in [2.05, 4.69) is 52.0 Å². The number of hydrogen-bond donors (Lipinski definition) is 1. The summed E-state index contributed by atoms with van der Waals surface area (Å²) < 4.78 is 1.20. The minimum atomic E-state index is 0. The summed E-state index contributed by atoms with van der Waals surface area (Å²) in [6.07, 6.45) is 3.86. The van der Waals surface area contributed by atoms with Gasteiger partial charge in [0.1, 0.15) is 0 Å². The molecule has 1 saturated heterocycles. The molecule has 0 radical (unpaired) electrons. The maximum absolute atomic E-state index is 6.10. The molecule has 18 heavy (non-hydrogen) atoms. The maximum atomic E-state index is 6.10. The van der Waals surface area contributed by atoms with E-state index in [4.69, 9.17) is 5.73 Å². The van der Waals surface area contributed by atoms with Gasteiger partial charge in [0.05, 0.1) is 0 Å². The Morgan fingerprint density at radius 1 is 1.39 bits per heavy atom. The number of nitrogens with zero attached hydrogens (tertiary/aromatic N) is 1. The molecule has 1 aliphatic rings. The van der Waals surface area contributed by atoms with E-state index in [0.717, 1.165) is 6.54 Å². The first-order valence-electron chi connectivity index (χ1n) is 6.41. The fourth-order valence-corrected chi connectivity index (χ4v) is 3.06. The third kappa shape index (κ3) is 3.95. The highest BCUT2D eigenvalue weighted by molar-refractivity contribution is 9.10. The molecule has 0 aliphatic carbocycles. The molecule has 2 nitrogen and oxygen atoms in total. The lowest BCUT2D eigenvalue weighted by Crippen LogP contribution is -2.48. The summed E-state index contributed by atoms with van der Waals surface area (Å²) in [5, 5.41) is 0. The summed E-state index contributed by atoms with van der Waals surface area (Å²) in [4.78, 5) is 2.54. The van der Waals surface area contributed by atoms with Gasteiger partial charge in [-0.2, -0.15) is 0 Å². The molecule has 0 aromatic heterocycles. The van der Waals surface area contributed by atoms with Crippen molar-refractivity contribution in [1.29, 1.82) is 0 Å². The first kappa shape index (κ1) is 16.0. The minimum absolute atomic E-state index is 0. The van der Waals surface area contributed by atoms with Crippen molar-refractivity contribution in [3.8, 4) is 0 Å². The van der Waals surface area contributed by atoms with Gasteiger partial charge in [0.15, 0.2) is 0 Å². The van der Waals surface area contributed by atoms with Crippen LogP contribution in [0.5, 0.6) is 0 Å². The Kier molecular flexibility index (Phi) is 6.64. The topological polar surface area (TPSA) is 29.3 Å². The third-order valence-electron chi connectivity index (χ3n) is 3.60. The van der Waals surface area contributed by atoms with Crippen LogP contribution >= 0.6 is 28.3 Å². The number of rotatable bonds is 3. The van der Waals surface area contributed by atoms with Gasteiger partial charge in [-0.05, 0) is 37.9 Å². The zero-order valence-corrected chi connectivity index (χ0v) is 13.2. The molecule has 4 heteroatoms. The molecule has 0 saturated carbocycles. The minimum Gasteiger partial charge on any atom is -0.327 e. The zero-order valence-electron chi connectivity index (χ0n) is 10.8. The van der Waals surface area contributed by atoms with Crippen LogP contribution in [0.15, 0.2) is 28.7 Å². The lowest BCUT2D eigenvalue weighted by molar-refractivity contribution is 0.123. The summed E-state index contributed by atoms with van der Waals surface area (Å²) >= 11 is 3.62. The number of nitrogens with two attached hydrogens (primary N) is 1. The number of benzene rings is 1. The lowest BCUT2D eigenvalue weighted by atomic mass is 9.96. The molecule has 2 unspecified atom stereocenters. The standard InChI is InChI=1S/C14H21BrN2.ClH/c1-11(16)14-8-4-5-9-17(14)10-12-6-2-3-7-13(12)15;/h2-3,6-7,11,14H,4-5,8-10,16H2,1H3;1H. The molecule has 0 bridgehead atoms. The summed E-state index contributed by atoms with van der Waals surface area (Å²) in [6.45, 7) is 4.31. The Hall–Kier alpha value is -0.0900. The summed E-state index contributed by atoms with van der Waals surface area (Å²) in [6, 6.07) is 9.27. The van der Waals surface area contributed by atoms with Crippen molar-refractivity contribution in [2.24, 2.45) is 5.73 Å². The first-order valence-corrected chi connectivity index (χ1v) is 7.21. The molecule has 0 amide bonds. The van der Waals surface area contributed by atoms with E-state index in [0.29, 0.717) is 6.04 Å². The van der Waals surface area contributed by atoms with Gasteiger partial charge in [-0.25, -0.2) is 0 Å². The Balaban J connectivity index is 0.00000162. The molecule has 1 heterocycles. The van der Waals surface area contributed by atoms with Gasteiger partial charge in [0, 0.05) is 23.1 Å². The van der Waals surface area contributed by atoms with Gasteiger partial charge >= 0.3 is 0 Å². The zero-order chi connectivity index (χ0) is 12.3. The van der Waals surface area contributed by atoms with Gasteiger partial charge in [-0.3, -0.25) is 4.90 Å². The van der Waals surface area contributed by atoms with Crippen LogP contribution < -0.4 is 5.73 Å². The normalized spacial score (nSPS) is 22.3. The Labute approximate surface area is 124 Å². The Bertz CT molecular complexity index is 371. The highest BCUT2D eigenvalue weighted by Gasteiger charge is 2.25. The summed E-state index contributed by atoms with van der Waals surface area (Å²) in [5.41, 5.74) is 7.46. The molecule has 2 atom stereocenters. The van der Waals surface area contributed by atoms with Crippen molar-refractivity contribution in [3.05, 3.63) is 34.3 Å². The van der Waals surface area contributed by atoms with Crippen LogP contribution in [-0.2, 0) is 6.54 Å². The van der Waals surface area contributed by atoms with E-state index in [1.807, 2.05) is 0 Å². The van der Waals surface area contributed by atoms with E-state index in [9.17, 15) is 0 Å². The van der Waals surface area contributed by atoms with Crippen molar-refractivity contribution in [3.63, 3.8) is 0 Å². The number of hydrogen-bond acceptors (Lipinski definition) is 2. The van der Waals surface area contributed by atoms with E-state index in [-0.39, 0.29) is 18.4 Å². The van der Waals surface area contributed by atoms with Crippen molar-refractivity contribution in [1.82, 2.24) is 4.90 Å². The average Bonchev–Trinajstić information content (AvgIpc) is 2.32. The predicted molar refractivity (Wildman–Crippen MR) is 83.1 cm³/mol. The van der Waals surface area contributed by atoms with Crippen molar-refractivity contribution < 1.29 is 0 Å². The van der Waals surface area contributed by atoms with Gasteiger partial charge in [-0.1, -0.05) is 40.5 Å². The molecule has 1 fully saturated rings. The molecular formula is C14H22BrClN2. The van der Waals surface area contributed by atoms with Crippen LogP contribution in [0.2, 0.25) is 0 Å². The molecule has 1 aliphatic heterocycles. The molecule has 0 spiro atoms. The van der Waals surface area contributed by atoms with Crippen molar-refractivity contribution in [2.45, 2.75) is 44.8 Å². The third-order valence-corrected chi connectivity index (χ3v) is 4.38. The van der Waals surface area contributed by atoms with Crippen LogP contribution in [0, 0.1) is 0 Å². The number of piperidine rings is 1. The molecular weight excluding hydrogens is 312 g/mol. The second-order valence-corrected chi connectivity index (χ2v) is 5.84. The maximum Gasteiger partial charge on any atom is 0.0248 e. The molecule has 1 aromatic carbocycles. The second kappa shape index (κ2) is 7.49. The highest BCUT2D eigenvalue weighted by Crippen LogP contribution is 2.24. The van der Waals surface area contributed by atoms with Crippen LogP contribution in [0.1, 0.15) is 31.7 Å². The van der Waals surface area contributed by atoms with Crippen LogP contribution in [-0.4, -0.2) is 23.5 Å². The van der Waals surface area contributed by atoms with Crippen LogP contribution in [0.25, 0.3) is 0 Å². The van der Waals surface area contributed by atoms with Gasteiger partial charge in [-0.15, -0.1) is 12.4 Å². The van der Waals surface area contributed by atoms with E-state index < -0.39 is 0 Å². The van der Waals surface area contributed by atoms with E-state index in [1.165, 1.54) is 35.8 Å². The van der Waals surface area contributed by atoms with E-state index >= 15 is 0 Å². The highest BCUT2D eigenvalue weighted by atomic mass is 79.9. The quantitative estimate of drug-likeness (QED) is 0.916. The molecule has 102 valence electrons. The van der Waals surface area contributed by atoms with E-state index in [1.54, 1.807) is 0 Å². The van der Waals surface area contributed by atoms with Gasteiger partial charge < -0.3 is 5.73 Å². The summed E-state index contributed by atoms with van der Waals surface area (Å²) in [7, 11) is 0. The van der Waals surface area contributed by atoms with Crippen LogP contribution in [0.3, 0.4) is 0 Å². The summed E-state index contributed by atoms with van der Waals surface area (Å²) in [5.74, 6) is 0. The monoisotopic (exact) mass is 332 g/mol. The van der Waals surface area contributed by atoms with Crippen molar-refractivity contribution >= 4 is 28.3 Å². The Morgan fingerprint density at radius 2 is 2.11 bits per heavy atom. The molecule has 2 N–H and O–H groups in total. The van der Waals surface area contributed by atoms with Crippen LogP contribution in [0.4, 0.5) is 0 Å². The lowest BCUT2D eigenvalue weighted by Gasteiger charge is -2.38. The fourth-order valence-electron chi connectivity index (χ4n) is 2.65. The fraction of sp³-hybridized carbons (Fsp3) is 0.571. The van der Waals surface area contributed by atoms with Crippen molar-refractivity contribution in [2.75, 3.05) is 6.54 Å². The second-order valence-electron chi connectivity index (χ2n) is 4.98. The smallest absolute Gasteiger partial charge is 0.0248 e.